The highest BCUT2D eigenvalue weighted by Gasteiger charge is 2.18. The van der Waals surface area contributed by atoms with Gasteiger partial charge in [0.2, 0.25) is 17.7 Å². The minimum atomic E-state index is 0.589. The monoisotopic (exact) mass is 287 g/mol. The van der Waals surface area contributed by atoms with Crippen molar-refractivity contribution in [3.63, 3.8) is 0 Å². The van der Waals surface area contributed by atoms with Crippen molar-refractivity contribution in [3.05, 3.63) is 12.4 Å². The van der Waals surface area contributed by atoms with E-state index in [1.807, 2.05) is 17.8 Å². The summed E-state index contributed by atoms with van der Waals surface area (Å²) in [6.07, 6.45) is 7.40. The van der Waals surface area contributed by atoms with Crippen LogP contribution in [0.5, 0.6) is 0 Å². The lowest BCUT2D eigenvalue weighted by Gasteiger charge is -2.26. The molecule has 0 unspecified atom stereocenters. The zero-order valence-corrected chi connectivity index (χ0v) is 12.6. The predicted molar refractivity (Wildman–Crippen MR) is 82.3 cm³/mol. The van der Waals surface area contributed by atoms with Crippen LogP contribution in [0, 0.1) is 0 Å². The molecule has 21 heavy (non-hydrogen) atoms. The number of aryl methyl sites for hydroxylation is 1. The molecule has 1 N–H and O–H groups in total. The van der Waals surface area contributed by atoms with Crippen molar-refractivity contribution in [3.8, 4) is 11.6 Å². The number of hydrogen-bond donors (Lipinski definition) is 1. The summed E-state index contributed by atoms with van der Waals surface area (Å²) < 4.78 is 2.04. The van der Waals surface area contributed by atoms with Crippen molar-refractivity contribution in [1.29, 1.82) is 0 Å². The van der Waals surface area contributed by atoms with Gasteiger partial charge in [0.1, 0.15) is 0 Å². The van der Waals surface area contributed by atoms with Crippen LogP contribution in [-0.2, 0) is 6.54 Å². The Morgan fingerprint density at radius 3 is 2.67 bits per heavy atom. The van der Waals surface area contributed by atoms with Gasteiger partial charge in [-0.3, -0.25) is 0 Å². The minimum absolute atomic E-state index is 0.589. The van der Waals surface area contributed by atoms with Gasteiger partial charge < -0.3 is 14.8 Å². The van der Waals surface area contributed by atoms with Gasteiger partial charge in [-0.15, -0.1) is 0 Å². The average molecular weight is 287 g/mol. The Hall–Kier alpha value is -2.18. The van der Waals surface area contributed by atoms with Crippen LogP contribution >= 0.6 is 0 Å². The summed E-state index contributed by atoms with van der Waals surface area (Å²) in [6.45, 7) is 4.94. The van der Waals surface area contributed by atoms with Crippen molar-refractivity contribution in [2.24, 2.45) is 0 Å². The Morgan fingerprint density at radius 1 is 1.14 bits per heavy atom. The van der Waals surface area contributed by atoms with E-state index in [4.69, 9.17) is 0 Å². The molecule has 1 aliphatic heterocycles. The average Bonchev–Trinajstić information content (AvgIpc) is 3.04. The third kappa shape index (κ3) is 2.81. The largest absolute Gasteiger partial charge is 0.357 e. The molecule has 2 aromatic heterocycles. The first-order valence-corrected chi connectivity index (χ1v) is 7.52. The summed E-state index contributed by atoms with van der Waals surface area (Å²) in [6, 6.07) is 0. The fourth-order valence-corrected chi connectivity index (χ4v) is 2.58. The standard InChI is InChI=1S/C14H21N7/c1-3-20-10-7-16-12(20)11-17-13(15-2)19-14(18-11)21-8-5-4-6-9-21/h7,10H,3-6,8-9H2,1-2H3,(H,15,17,18,19). The zero-order valence-electron chi connectivity index (χ0n) is 12.6. The molecule has 3 heterocycles. The first-order chi connectivity index (χ1) is 10.3. The van der Waals surface area contributed by atoms with Gasteiger partial charge in [-0.05, 0) is 26.2 Å². The molecule has 7 heteroatoms. The minimum Gasteiger partial charge on any atom is -0.357 e. The van der Waals surface area contributed by atoms with Crippen LogP contribution in [0.3, 0.4) is 0 Å². The number of anilines is 2. The first kappa shape index (κ1) is 13.8. The summed E-state index contributed by atoms with van der Waals surface area (Å²) in [5.74, 6) is 2.75. The molecular weight excluding hydrogens is 266 g/mol. The predicted octanol–water partition coefficient (Wildman–Crippen LogP) is 1.79. The topological polar surface area (TPSA) is 71.8 Å². The van der Waals surface area contributed by atoms with E-state index >= 15 is 0 Å². The molecule has 0 aliphatic carbocycles. The lowest BCUT2D eigenvalue weighted by molar-refractivity contribution is 0.567. The second-order valence-corrected chi connectivity index (χ2v) is 5.12. The van der Waals surface area contributed by atoms with Gasteiger partial charge in [-0.1, -0.05) is 0 Å². The Labute approximate surface area is 124 Å². The van der Waals surface area contributed by atoms with E-state index in [2.05, 4.69) is 37.1 Å². The van der Waals surface area contributed by atoms with Crippen LogP contribution in [0.4, 0.5) is 11.9 Å². The highest BCUT2D eigenvalue weighted by atomic mass is 15.3. The third-order valence-electron chi connectivity index (χ3n) is 3.74. The second kappa shape index (κ2) is 6.07. The van der Waals surface area contributed by atoms with E-state index in [1.54, 1.807) is 6.20 Å². The maximum Gasteiger partial charge on any atom is 0.230 e. The summed E-state index contributed by atoms with van der Waals surface area (Å²) in [7, 11) is 1.82. The molecule has 3 rings (SSSR count). The number of rotatable bonds is 4. The number of piperidine rings is 1. The molecule has 1 aliphatic rings. The molecular formula is C14H21N7. The highest BCUT2D eigenvalue weighted by molar-refractivity contribution is 5.51. The highest BCUT2D eigenvalue weighted by Crippen LogP contribution is 2.21. The molecule has 0 aromatic carbocycles. The quantitative estimate of drug-likeness (QED) is 0.924. The molecule has 112 valence electrons. The van der Waals surface area contributed by atoms with Crippen molar-refractivity contribution < 1.29 is 0 Å². The zero-order chi connectivity index (χ0) is 14.7. The molecule has 0 atom stereocenters. The van der Waals surface area contributed by atoms with E-state index in [1.165, 1.54) is 19.3 Å². The van der Waals surface area contributed by atoms with Gasteiger partial charge in [0.25, 0.3) is 0 Å². The summed E-state index contributed by atoms with van der Waals surface area (Å²) >= 11 is 0. The molecule has 1 fully saturated rings. The number of nitrogens with one attached hydrogen (secondary N) is 1. The van der Waals surface area contributed by atoms with Gasteiger partial charge >= 0.3 is 0 Å². The van der Waals surface area contributed by atoms with E-state index in [9.17, 15) is 0 Å². The van der Waals surface area contributed by atoms with E-state index in [0.29, 0.717) is 11.8 Å². The Kier molecular flexibility index (Phi) is 3.98. The lowest BCUT2D eigenvalue weighted by Crippen LogP contribution is -2.31. The molecule has 1 saturated heterocycles. The number of nitrogens with zero attached hydrogens (tertiary/aromatic N) is 6. The Bertz CT molecular complexity index is 601. The SMILES string of the molecule is CCn1ccnc1-c1nc(NC)nc(N2CCCCC2)n1. The molecule has 0 spiro atoms. The second-order valence-electron chi connectivity index (χ2n) is 5.12. The number of aromatic nitrogens is 5. The molecule has 2 aromatic rings. The van der Waals surface area contributed by atoms with Gasteiger partial charge in [-0.25, -0.2) is 4.98 Å². The fraction of sp³-hybridized carbons (Fsp3) is 0.571. The van der Waals surface area contributed by atoms with Crippen molar-refractivity contribution in [1.82, 2.24) is 24.5 Å². The normalized spacial score (nSPS) is 15.2. The van der Waals surface area contributed by atoms with Gasteiger partial charge in [0.15, 0.2) is 5.82 Å². The lowest BCUT2D eigenvalue weighted by atomic mass is 10.1. The van der Waals surface area contributed by atoms with Crippen LogP contribution in [-0.4, -0.2) is 44.6 Å². The first-order valence-electron chi connectivity index (χ1n) is 7.52. The van der Waals surface area contributed by atoms with Crippen molar-refractivity contribution >= 4 is 11.9 Å². The van der Waals surface area contributed by atoms with Crippen LogP contribution in [0.15, 0.2) is 12.4 Å². The third-order valence-corrected chi connectivity index (χ3v) is 3.74. The van der Waals surface area contributed by atoms with Gasteiger partial charge in [0, 0.05) is 39.1 Å². The van der Waals surface area contributed by atoms with E-state index < -0.39 is 0 Å². The van der Waals surface area contributed by atoms with Crippen molar-refractivity contribution in [2.45, 2.75) is 32.7 Å². The summed E-state index contributed by atoms with van der Waals surface area (Å²) in [5, 5.41) is 3.02. The molecule has 0 radical (unpaired) electrons. The molecule has 0 saturated carbocycles. The van der Waals surface area contributed by atoms with Crippen LogP contribution < -0.4 is 10.2 Å². The fourth-order valence-electron chi connectivity index (χ4n) is 2.58. The maximum absolute atomic E-state index is 4.64. The van der Waals surface area contributed by atoms with E-state index in [0.717, 1.165) is 31.4 Å². The Morgan fingerprint density at radius 2 is 1.95 bits per heavy atom. The smallest absolute Gasteiger partial charge is 0.230 e. The van der Waals surface area contributed by atoms with Crippen LogP contribution in [0.1, 0.15) is 26.2 Å². The summed E-state index contributed by atoms with van der Waals surface area (Å²) in [5.41, 5.74) is 0. The van der Waals surface area contributed by atoms with E-state index in [-0.39, 0.29) is 0 Å². The molecule has 0 bridgehead atoms. The molecule has 7 nitrogen and oxygen atoms in total. The molecule has 0 amide bonds. The van der Waals surface area contributed by atoms with Crippen molar-refractivity contribution in [2.75, 3.05) is 30.4 Å². The number of hydrogen-bond acceptors (Lipinski definition) is 6. The van der Waals surface area contributed by atoms with Gasteiger partial charge in [0.05, 0.1) is 0 Å². The summed E-state index contributed by atoms with van der Waals surface area (Å²) in [4.78, 5) is 20.2. The van der Waals surface area contributed by atoms with Gasteiger partial charge in [-0.2, -0.15) is 15.0 Å². The van der Waals surface area contributed by atoms with Crippen LogP contribution in [0.25, 0.3) is 11.6 Å². The maximum atomic E-state index is 4.64. The van der Waals surface area contributed by atoms with Crippen LogP contribution in [0.2, 0.25) is 0 Å². The number of imidazole rings is 1. The Balaban J connectivity index is 2.00.